The molecular formula is C31H31ClF4N4O2S. The van der Waals surface area contributed by atoms with E-state index in [9.17, 15) is 18.0 Å². The van der Waals surface area contributed by atoms with E-state index in [1.165, 1.54) is 42.0 Å². The van der Waals surface area contributed by atoms with Crippen LogP contribution in [0.15, 0.2) is 64.4 Å². The molecule has 3 aromatic rings. The Balaban J connectivity index is 0.000000628. The number of rotatable bonds is 6. The number of nitrogens with two attached hydrogens (primary N) is 1. The van der Waals surface area contributed by atoms with Crippen LogP contribution in [-0.2, 0) is 4.74 Å². The monoisotopic (exact) mass is 634 g/mol. The van der Waals surface area contributed by atoms with Crippen LogP contribution in [0.3, 0.4) is 0 Å². The Hall–Kier alpha value is -3.41. The second kappa shape index (κ2) is 14.4. The zero-order valence-electron chi connectivity index (χ0n) is 23.8. The summed E-state index contributed by atoms with van der Waals surface area (Å²) in [4.78, 5) is 21.1. The van der Waals surface area contributed by atoms with Crippen LogP contribution in [0, 0.1) is 30.3 Å². The number of aliphatic imine (C=N–C) groups is 1. The largest absolute Gasteiger partial charge is 0.396 e. The lowest BCUT2D eigenvalue weighted by Crippen LogP contribution is -2.21. The molecule has 5 rings (SSSR count). The molecule has 3 heterocycles. The van der Waals surface area contributed by atoms with Crippen molar-refractivity contribution in [1.29, 1.82) is 0 Å². The van der Waals surface area contributed by atoms with Gasteiger partial charge < -0.3 is 10.5 Å². The maximum atomic E-state index is 15.5. The van der Waals surface area contributed by atoms with Crippen molar-refractivity contribution >= 4 is 41.0 Å². The Bertz CT molecular complexity index is 1630. The van der Waals surface area contributed by atoms with Crippen LogP contribution < -0.4 is 11.3 Å². The summed E-state index contributed by atoms with van der Waals surface area (Å²) in [6.45, 7) is 7.01. The molecule has 6 nitrogen and oxygen atoms in total. The second-order valence-corrected chi connectivity index (χ2v) is 11.6. The number of allylic oxidation sites excluding steroid dienone is 2. The minimum absolute atomic E-state index is 0.0942. The Morgan fingerprint density at radius 1 is 1.21 bits per heavy atom. The van der Waals surface area contributed by atoms with Gasteiger partial charge in [0, 0.05) is 40.9 Å². The minimum Gasteiger partial charge on any atom is -0.396 e. The fourth-order valence-electron chi connectivity index (χ4n) is 4.94. The van der Waals surface area contributed by atoms with Crippen LogP contribution >= 0.6 is 23.4 Å². The molecule has 2 N–H and O–H groups in total. The Morgan fingerprint density at radius 2 is 1.93 bits per heavy atom. The molecule has 2 fully saturated rings. The number of hydrogen-bond acceptors (Lipinski definition) is 6. The van der Waals surface area contributed by atoms with E-state index in [-0.39, 0.29) is 39.5 Å². The third-order valence-electron chi connectivity index (χ3n) is 7.14. The average Bonchev–Trinajstić information content (AvgIpc) is 3.65. The van der Waals surface area contributed by atoms with Gasteiger partial charge in [-0.2, -0.15) is 11.8 Å². The van der Waals surface area contributed by atoms with Gasteiger partial charge >= 0.3 is 0 Å². The maximum absolute atomic E-state index is 15.5. The van der Waals surface area contributed by atoms with Gasteiger partial charge in [-0.3, -0.25) is 19.3 Å². The lowest BCUT2D eigenvalue weighted by Gasteiger charge is -2.12. The highest BCUT2D eigenvalue weighted by Gasteiger charge is 2.51. The van der Waals surface area contributed by atoms with Crippen molar-refractivity contribution in [2.24, 2.45) is 10.9 Å². The van der Waals surface area contributed by atoms with E-state index in [0.717, 1.165) is 36.2 Å². The summed E-state index contributed by atoms with van der Waals surface area (Å²) in [7, 11) is 0. The molecule has 3 atom stereocenters. The molecule has 0 bridgehead atoms. The highest BCUT2D eigenvalue weighted by molar-refractivity contribution is 7.99. The highest BCUT2D eigenvalue weighted by Crippen LogP contribution is 2.61. The van der Waals surface area contributed by atoms with E-state index < -0.39 is 34.8 Å². The molecule has 2 unspecified atom stereocenters. The average molecular weight is 635 g/mol. The number of halogens is 5. The molecule has 1 saturated carbocycles. The molecule has 228 valence electrons. The van der Waals surface area contributed by atoms with Crippen LogP contribution in [0.1, 0.15) is 48.2 Å². The number of ether oxygens (including phenoxy) is 1. The third-order valence-corrected chi connectivity index (χ3v) is 8.43. The molecule has 0 amide bonds. The van der Waals surface area contributed by atoms with Gasteiger partial charge in [0.05, 0.1) is 37.0 Å². The Kier molecular flexibility index (Phi) is 10.9. The van der Waals surface area contributed by atoms with Crippen LogP contribution in [-0.4, -0.2) is 40.0 Å². The summed E-state index contributed by atoms with van der Waals surface area (Å²) in [5, 5.41) is -0.168. The van der Waals surface area contributed by atoms with Crippen LogP contribution in [0.5, 0.6) is 0 Å². The number of nitrogens with zero attached hydrogens (tertiary/aromatic N) is 3. The number of aromatic nitrogens is 2. The summed E-state index contributed by atoms with van der Waals surface area (Å²) >= 11 is 8.39. The second-order valence-electron chi connectivity index (χ2n) is 10.0. The van der Waals surface area contributed by atoms with E-state index in [1.54, 1.807) is 19.9 Å². The molecule has 12 heteroatoms. The van der Waals surface area contributed by atoms with Crippen molar-refractivity contribution in [3.63, 3.8) is 0 Å². The summed E-state index contributed by atoms with van der Waals surface area (Å²) < 4.78 is 63.8. The van der Waals surface area contributed by atoms with E-state index in [0.29, 0.717) is 11.3 Å². The van der Waals surface area contributed by atoms with Gasteiger partial charge in [0.25, 0.3) is 5.56 Å². The van der Waals surface area contributed by atoms with Crippen molar-refractivity contribution < 1.29 is 22.3 Å². The molecule has 43 heavy (non-hydrogen) atoms. The quantitative estimate of drug-likeness (QED) is 0.175. The SMILES string of the molecule is C/C=C/N=C(/C(F)=C/n1c(C)cc(C2C(c3ncc(F)cc3F)[C@H]2C)c(Cl)c1=O)c1cccc(N)c1F.C1CSCCO1. The predicted molar refractivity (Wildman–Crippen MR) is 165 cm³/mol. The summed E-state index contributed by atoms with van der Waals surface area (Å²) in [5.41, 5.74) is 5.09. The third kappa shape index (κ3) is 7.39. The van der Waals surface area contributed by atoms with Crippen LogP contribution in [0.4, 0.5) is 23.2 Å². The number of hydrogen-bond donors (Lipinski definition) is 1. The normalized spacial score (nSPS) is 20.6. The molecular weight excluding hydrogens is 604 g/mol. The summed E-state index contributed by atoms with van der Waals surface area (Å²) in [6, 6.07) is 6.49. The summed E-state index contributed by atoms with van der Waals surface area (Å²) in [6.07, 6.45) is 4.64. The molecule has 1 aromatic carbocycles. The van der Waals surface area contributed by atoms with Gasteiger partial charge in [-0.05, 0) is 49.4 Å². The zero-order valence-corrected chi connectivity index (χ0v) is 25.4. The Morgan fingerprint density at radius 3 is 2.53 bits per heavy atom. The number of anilines is 1. The minimum atomic E-state index is -0.994. The molecule has 0 spiro atoms. The molecule has 0 radical (unpaired) electrons. The lowest BCUT2D eigenvalue weighted by atomic mass is 10.1. The first kappa shape index (κ1) is 32.5. The first-order valence-corrected chi connectivity index (χ1v) is 15.1. The molecule has 2 aromatic heterocycles. The van der Waals surface area contributed by atoms with Gasteiger partial charge in [0.1, 0.15) is 22.4 Å². The fraction of sp³-hybridized carbons (Fsp3) is 0.323. The predicted octanol–water partition coefficient (Wildman–Crippen LogP) is 7.26. The smallest absolute Gasteiger partial charge is 0.273 e. The van der Waals surface area contributed by atoms with Crippen molar-refractivity contribution in [3.8, 4) is 0 Å². The van der Waals surface area contributed by atoms with E-state index in [4.69, 9.17) is 22.1 Å². The molecule has 1 saturated heterocycles. The standard InChI is InChI=1S/C27H23ClF4N4O.C4H8OS/c1-4-8-34-25(16-6-5-7-20(33)24(16)32)19(31)12-36-13(2)9-17(23(28)27(36)37)21-14(3)22(21)26-18(30)10-15(29)11-35-26;1-3-6-4-2-5-1/h4-12,14,21-22H,33H2,1-3H3;1-4H2/b8-4+,19-12-,34-25+;/t14-,21?,22?;/m0./s1. The van der Waals surface area contributed by atoms with Crippen molar-refractivity contribution in [2.45, 2.75) is 32.6 Å². The molecule has 1 aliphatic carbocycles. The lowest BCUT2D eigenvalue weighted by molar-refractivity contribution is 0.161. The fourth-order valence-corrected chi connectivity index (χ4v) is 5.88. The molecule has 2 aliphatic rings. The van der Waals surface area contributed by atoms with Gasteiger partial charge in [-0.1, -0.05) is 30.7 Å². The molecule has 1 aliphatic heterocycles. The van der Waals surface area contributed by atoms with Gasteiger partial charge in [0.15, 0.2) is 11.6 Å². The Labute approximate surface area is 256 Å². The van der Waals surface area contributed by atoms with Crippen molar-refractivity contribution in [1.82, 2.24) is 9.55 Å². The highest BCUT2D eigenvalue weighted by atomic mass is 35.5. The van der Waals surface area contributed by atoms with Crippen LogP contribution in [0.25, 0.3) is 6.20 Å². The van der Waals surface area contributed by atoms with Crippen molar-refractivity contribution in [2.75, 3.05) is 30.5 Å². The van der Waals surface area contributed by atoms with Gasteiger partial charge in [-0.25, -0.2) is 17.6 Å². The zero-order chi connectivity index (χ0) is 31.3. The first-order valence-electron chi connectivity index (χ1n) is 13.6. The first-order chi connectivity index (χ1) is 20.6. The number of aryl methyl sites for hydroxylation is 1. The van der Waals surface area contributed by atoms with Gasteiger partial charge in [-0.15, -0.1) is 0 Å². The van der Waals surface area contributed by atoms with Crippen molar-refractivity contribution in [3.05, 3.63) is 110 Å². The van der Waals surface area contributed by atoms with Gasteiger partial charge in [0.2, 0.25) is 0 Å². The number of thioether (sulfide) groups is 1. The topological polar surface area (TPSA) is 82.5 Å². The maximum Gasteiger partial charge on any atom is 0.273 e. The number of nitrogen functional groups attached to an aromatic ring is 1. The van der Waals surface area contributed by atoms with E-state index in [1.807, 2.05) is 18.7 Å². The summed E-state index contributed by atoms with van der Waals surface area (Å²) in [5.74, 6) is -1.85. The van der Waals surface area contributed by atoms with Crippen LogP contribution in [0.2, 0.25) is 5.02 Å². The van der Waals surface area contributed by atoms with E-state index in [2.05, 4.69) is 9.98 Å². The van der Waals surface area contributed by atoms with E-state index >= 15 is 4.39 Å². The number of pyridine rings is 2. The number of benzene rings is 1.